The lowest BCUT2D eigenvalue weighted by atomic mass is 10.2. The molecule has 0 saturated heterocycles. The molecule has 2 aromatic carbocycles. The maximum Gasteiger partial charge on any atom is 0.279 e. The summed E-state index contributed by atoms with van der Waals surface area (Å²) in [5.41, 5.74) is 1.43. The zero-order valence-electron chi connectivity index (χ0n) is 9.93. The Labute approximate surface area is 137 Å². The van der Waals surface area contributed by atoms with Gasteiger partial charge in [-0.25, -0.2) is 4.98 Å². The van der Waals surface area contributed by atoms with Gasteiger partial charge in [-0.2, -0.15) is 5.26 Å². The molecule has 1 heterocycles. The number of nitriles is 1. The molecule has 20 heavy (non-hydrogen) atoms. The highest BCUT2D eigenvalue weighted by atomic mass is 127. The summed E-state index contributed by atoms with van der Waals surface area (Å²) < 4.78 is 7.68. The number of fused-ring (bicyclic) bond motifs is 1. The van der Waals surface area contributed by atoms with Gasteiger partial charge < -0.3 is 4.74 Å². The summed E-state index contributed by atoms with van der Waals surface area (Å²) in [4.78, 5) is 4.40. The first-order valence-electron chi connectivity index (χ1n) is 5.59. The largest absolute Gasteiger partial charge is 0.430 e. The van der Waals surface area contributed by atoms with Gasteiger partial charge in [0.15, 0.2) is 0 Å². The summed E-state index contributed by atoms with van der Waals surface area (Å²) in [5.74, 6) is 0.690. The second-order valence-electron chi connectivity index (χ2n) is 3.95. The van der Waals surface area contributed by atoms with E-state index >= 15 is 0 Å². The standard InChI is InChI=1S/C14H6ClIN2OS/c15-9-2-4-13-11(6-9)18-14(20-13)19-12-3-1-8(7-17)5-10(12)16/h1-6H. The van der Waals surface area contributed by atoms with Crippen LogP contribution in [0.3, 0.4) is 0 Å². The first kappa shape index (κ1) is 13.6. The number of hydrogen-bond donors (Lipinski definition) is 0. The number of benzene rings is 2. The highest BCUT2D eigenvalue weighted by Crippen LogP contribution is 2.34. The second-order valence-corrected chi connectivity index (χ2v) is 6.54. The molecule has 0 aliphatic rings. The van der Waals surface area contributed by atoms with Gasteiger partial charge in [0.1, 0.15) is 5.75 Å². The van der Waals surface area contributed by atoms with E-state index in [9.17, 15) is 0 Å². The second kappa shape index (κ2) is 5.56. The van der Waals surface area contributed by atoms with Crippen LogP contribution in [0.25, 0.3) is 10.2 Å². The average molecular weight is 413 g/mol. The molecule has 0 spiro atoms. The first-order valence-corrected chi connectivity index (χ1v) is 7.86. The summed E-state index contributed by atoms with van der Waals surface area (Å²) in [6, 6.07) is 12.9. The summed E-state index contributed by atoms with van der Waals surface area (Å²) in [6.07, 6.45) is 0. The average Bonchev–Trinajstić information content (AvgIpc) is 2.82. The van der Waals surface area contributed by atoms with Crippen LogP contribution in [0, 0.1) is 14.9 Å². The highest BCUT2D eigenvalue weighted by Gasteiger charge is 2.09. The number of nitrogens with zero attached hydrogens (tertiary/aromatic N) is 2. The van der Waals surface area contributed by atoms with Gasteiger partial charge in [-0.15, -0.1) is 0 Å². The molecule has 3 aromatic rings. The number of rotatable bonds is 2. The molecule has 0 aliphatic heterocycles. The zero-order valence-corrected chi connectivity index (χ0v) is 13.7. The maximum atomic E-state index is 8.85. The van der Waals surface area contributed by atoms with Crippen molar-refractivity contribution in [3.63, 3.8) is 0 Å². The Kier molecular flexibility index (Phi) is 3.78. The topological polar surface area (TPSA) is 45.9 Å². The van der Waals surface area contributed by atoms with Crippen LogP contribution in [0.5, 0.6) is 10.9 Å². The normalized spacial score (nSPS) is 10.4. The Morgan fingerprint density at radius 2 is 2.10 bits per heavy atom. The molecule has 0 N–H and O–H groups in total. The molecule has 6 heteroatoms. The van der Waals surface area contributed by atoms with Gasteiger partial charge in [-0.1, -0.05) is 22.9 Å². The van der Waals surface area contributed by atoms with Gasteiger partial charge in [0.25, 0.3) is 5.19 Å². The summed E-state index contributed by atoms with van der Waals surface area (Å²) in [5, 5.41) is 10.1. The van der Waals surface area contributed by atoms with E-state index in [1.165, 1.54) is 11.3 Å². The lowest BCUT2D eigenvalue weighted by Gasteiger charge is -2.03. The summed E-state index contributed by atoms with van der Waals surface area (Å²) >= 11 is 9.54. The molecular weight excluding hydrogens is 407 g/mol. The molecule has 0 aliphatic carbocycles. The molecule has 3 nitrogen and oxygen atoms in total. The SMILES string of the molecule is N#Cc1ccc(Oc2nc3cc(Cl)ccc3s2)c(I)c1. The third kappa shape index (κ3) is 2.73. The summed E-state index contributed by atoms with van der Waals surface area (Å²) in [6.45, 7) is 0. The molecule has 0 fully saturated rings. The van der Waals surface area contributed by atoms with E-state index in [1.54, 1.807) is 18.2 Å². The Bertz CT molecular complexity index is 841. The van der Waals surface area contributed by atoms with Crippen molar-refractivity contribution < 1.29 is 4.74 Å². The van der Waals surface area contributed by atoms with E-state index in [4.69, 9.17) is 21.6 Å². The number of hydrogen-bond acceptors (Lipinski definition) is 4. The molecule has 1 aromatic heterocycles. The minimum absolute atomic E-state index is 0.560. The van der Waals surface area contributed by atoms with Gasteiger partial charge in [0.05, 0.1) is 25.4 Å². The molecular formula is C14H6ClIN2OS. The monoisotopic (exact) mass is 412 g/mol. The van der Waals surface area contributed by atoms with Gasteiger partial charge >= 0.3 is 0 Å². The summed E-state index contributed by atoms with van der Waals surface area (Å²) in [7, 11) is 0. The van der Waals surface area contributed by atoms with Gasteiger partial charge in [-0.3, -0.25) is 0 Å². The lowest BCUT2D eigenvalue weighted by molar-refractivity contribution is 0.477. The third-order valence-electron chi connectivity index (χ3n) is 2.59. The van der Waals surface area contributed by atoms with Crippen molar-refractivity contribution in [3.05, 3.63) is 50.6 Å². The predicted molar refractivity (Wildman–Crippen MR) is 88.6 cm³/mol. The van der Waals surface area contributed by atoms with Crippen LogP contribution in [-0.4, -0.2) is 4.98 Å². The minimum Gasteiger partial charge on any atom is -0.430 e. The molecule has 3 rings (SSSR count). The molecule has 0 saturated carbocycles. The molecule has 0 unspecified atom stereocenters. The zero-order chi connectivity index (χ0) is 14.1. The lowest BCUT2D eigenvalue weighted by Crippen LogP contribution is -1.87. The van der Waals surface area contributed by atoms with Crippen LogP contribution in [0.15, 0.2) is 36.4 Å². The van der Waals surface area contributed by atoms with Crippen LogP contribution in [0.1, 0.15) is 5.56 Å². The van der Waals surface area contributed by atoms with Crippen molar-refractivity contribution in [2.24, 2.45) is 0 Å². The van der Waals surface area contributed by atoms with Crippen LogP contribution in [0.4, 0.5) is 0 Å². The fraction of sp³-hybridized carbons (Fsp3) is 0. The Hall–Kier alpha value is -1.36. The van der Waals surface area contributed by atoms with Crippen LogP contribution < -0.4 is 4.74 Å². The first-order chi connectivity index (χ1) is 9.65. The predicted octanol–water partition coefficient (Wildman–Crippen LogP) is 5.22. The Morgan fingerprint density at radius 1 is 1.25 bits per heavy atom. The fourth-order valence-electron chi connectivity index (χ4n) is 1.67. The van der Waals surface area contributed by atoms with Crippen molar-refractivity contribution >= 4 is 55.7 Å². The van der Waals surface area contributed by atoms with Crippen LogP contribution >= 0.6 is 45.5 Å². The number of ether oxygens (including phenoxy) is 1. The third-order valence-corrected chi connectivity index (χ3v) is 4.58. The quantitative estimate of drug-likeness (QED) is 0.542. The van der Waals surface area contributed by atoms with Crippen molar-refractivity contribution in [1.82, 2.24) is 4.98 Å². The van der Waals surface area contributed by atoms with Crippen molar-refractivity contribution in [1.29, 1.82) is 5.26 Å². The molecule has 0 atom stereocenters. The van der Waals surface area contributed by atoms with Crippen molar-refractivity contribution in [3.8, 4) is 17.0 Å². The van der Waals surface area contributed by atoms with Gasteiger partial charge in [0.2, 0.25) is 0 Å². The van der Waals surface area contributed by atoms with E-state index in [1.807, 2.05) is 18.2 Å². The number of halogens is 2. The molecule has 98 valence electrons. The fourth-order valence-corrected chi connectivity index (χ4v) is 3.27. The molecule has 0 radical (unpaired) electrons. The van der Waals surface area contributed by atoms with E-state index in [0.717, 1.165) is 13.8 Å². The van der Waals surface area contributed by atoms with E-state index in [-0.39, 0.29) is 0 Å². The number of thiazole rings is 1. The Morgan fingerprint density at radius 3 is 2.85 bits per heavy atom. The molecule has 0 amide bonds. The van der Waals surface area contributed by atoms with Crippen molar-refractivity contribution in [2.75, 3.05) is 0 Å². The molecule has 0 bridgehead atoms. The van der Waals surface area contributed by atoms with E-state index in [0.29, 0.717) is 21.5 Å². The van der Waals surface area contributed by atoms with E-state index in [2.05, 4.69) is 33.6 Å². The number of aromatic nitrogens is 1. The Balaban J connectivity index is 1.95. The van der Waals surface area contributed by atoms with Gasteiger partial charge in [-0.05, 0) is 59.0 Å². The smallest absolute Gasteiger partial charge is 0.279 e. The van der Waals surface area contributed by atoms with Gasteiger partial charge in [0, 0.05) is 5.02 Å². The van der Waals surface area contributed by atoms with Crippen LogP contribution in [-0.2, 0) is 0 Å². The highest BCUT2D eigenvalue weighted by molar-refractivity contribution is 14.1. The van der Waals surface area contributed by atoms with E-state index < -0.39 is 0 Å². The maximum absolute atomic E-state index is 8.85. The van der Waals surface area contributed by atoms with Crippen LogP contribution in [0.2, 0.25) is 5.02 Å². The van der Waals surface area contributed by atoms with Crippen molar-refractivity contribution in [2.45, 2.75) is 0 Å². The minimum atomic E-state index is 0.560.